The third-order valence-corrected chi connectivity index (χ3v) is 6.03. The minimum atomic E-state index is -0.599. The third kappa shape index (κ3) is 6.60. The molecule has 1 heterocycles. The molecule has 33 heavy (non-hydrogen) atoms. The molecule has 0 saturated carbocycles. The second-order valence-electron chi connectivity index (χ2n) is 7.05. The zero-order valence-electron chi connectivity index (χ0n) is 17.6. The normalized spacial score (nSPS) is 14.6. The predicted octanol–water partition coefficient (Wildman–Crippen LogP) is 5.63. The van der Waals surface area contributed by atoms with E-state index in [9.17, 15) is 19.2 Å². The highest BCUT2D eigenvalue weighted by atomic mass is 35.5. The van der Waals surface area contributed by atoms with Gasteiger partial charge in [0.05, 0.1) is 22.1 Å². The summed E-state index contributed by atoms with van der Waals surface area (Å²) in [5.41, 5.74) is 1.10. The van der Waals surface area contributed by atoms with Crippen LogP contribution in [0.1, 0.15) is 35.7 Å². The van der Waals surface area contributed by atoms with Gasteiger partial charge in [0.25, 0.3) is 11.1 Å². The van der Waals surface area contributed by atoms with Crippen LogP contribution in [0.5, 0.6) is 0 Å². The van der Waals surface area contributed by atoms with E-state index < -0.39 is 29.6 Å². The van der Waals surface area contributed by atoms with E-state index in [4.69, 9.17) is 27.9 Å². The maximum Gasteiger partial charge on any atom is 0.339 e. The largest absolute Gasteiger partial charge is 0.462 e. The van der Waals surface area contributed by atoms with Crippen LogP contribution in [-0.2, 0) is 14.3 Å². The lowest BCUT2D eigenvalue weighted by Gasteiger charge is -2.13. The summed E-state index contributed by atoms with van der Waals surface area (Å²) in [5, 5.41) is 2.77. The quantitative estimate of drug-likeness (QED) is 0.283. The number of hydrogen-bond donors (Lipinski definition) is 1. The number of anilines is 1. The van der Waals surface area contributed by atoms with Gasteiger partial charge in [-0.25, -0.2) is 4.79 Å². The summed E-state index contributed by atoms with van der Waals surface area (Å²) in [7, 11) is 0. The topological polar surface area (TPSA) is 92.8 Å². The van der Waals surface area contributed by atoms with Gasteiger partial charge in [0.15, 0.2) is 0 Å². The molecule has 1 fully saturated rings. The monoisotopic (exact) mass is 506 g/mol. The molecular formula is C23H20Cl2N2O5S. The number of rotatable bonds is 8. The van der Waals surface area contributed by atoms with Gasteiger partial charge >= 0.3 is 5.97 Å². The summed E-state index contributed by atoms with van der Waals surface area (Å²) in [4.78, 5) is 50.7. The highest BCUT2D eigenvalue weighted by Gasteiger charge is 2.36. The van der Waals surface area contributed by atoms with Crippen LogP contribution in [0.2, 0.25) is 10.0 Å². The molecule has 1 aliphatic rings. The maximum absolute atomic E-state index is 12.6. The van der Waals surface area contributed by atoms with Gasteiger partial charge in [-0.05, 0) is 60.2 Å². The molecule has 0 spiro atoms. The molecule has 2 aromatic rings. The maximum atomic E-state index is 12.6. The summed E-state index contributed by atoms with van der Waals surface area (Å²) >= 11 is 12.7. The van der Waals surface area contributed by atoms with Crippen molar-refractivity contribution in [1.82, 2.24) is 4.90 Å². The van der Waals surface area contributed by atoms with Gasteiger partial charge in [0, 0.05) is 10.7 Å². The van der Waals surface area contributed by atoms with Crippen LogP contribution in [0.25, 0.3) is 6.08 Å². The number of thioether (sulfide) groups is 1. The smallest absolute Gasteiger partial charge is 0.339 e. The number of halogens is 2. The number of nitrogens with zero attached hydrogens (tertiary/aromatic N) is 1. The van der Waals surface area contributed by atoms with E-state index in [1.807, 2.05) is 6.92 Å². The van der Waals surface area contributed by atoms with Crippen LogP contribution in [-0.4, -0.2) is 41.1 Å². The van der Waals surface area contributed by atoms with Crippen molar-refractivity contribution >= 4 is 69.8 Å². The number of nitrogens with one attached hydrogen (secondary N) is 1. The van der Waals surface area contributed by atoms with Crippen LogP contribution >= 0.6 is 35.0 Å². The summed E-state index contributed by atoms with van der Waals surface area (Å²) < 4.78 is 5.16. The summed E-state index contributed by atoms with van der Waals surface area (Å²) in [5.74, 6) is -1.76. The molecular weight excluding hydrogens is 487 g/mol. The minimum Gasteiger partial charge on any atom is -0.462 e. The Hall–Kier alpha value is -2.81. The van der Waals surface area contributed by atoms with Crippen molar-refractivity contribution in [3.63, 3.8) is 0 Å². The molecule has 0 unspecified atom stereocenters. The van der Waals surface area contributed by atoms with Crippen LogP contribution < -0.4 is 5.32 Å². The van der Waals surface area contributed by atoms with Crippen LogP contribution in [0, 0.1) is 0 Å². The molecule has 172 valence electrons. The van der Waals surface area contributed by atoms with Gasteiger partial charge in [-0.15, -0.1) is 0 Å². The SMILES string of the molecule is CCCCOC(=O)c1cc(NC(=O)CN2C(=O)S/C(=C/c3ccc(Cl)cc3)C2=O)ccc1Cl. The molecule has 3 amide bonds. The van der Waals surface area contributed by atoms with Gasteiger partial charge in [-0.1, -0.05) is 48.7 Å². The summed E-state index contributed by atoms with van der Waals surface area (Å²) in [6.45, 7) is 1.77. The Balaban J connectivity index is 1.65. The molecule has 2 aromatic carbocycles. The van der Waals surface area contributed by atoms with E-state index in [0.29, 0.717) is 10.6 Å². The fourth-order valence-corrected chi connectivity index (χ4v) is 4.00. The highest BCUT2D eigenvalue weighted by Crippen LogP contribution is 2.32. The number of carbonyl (C=O) groups excluding carboxylic acids is 4. The second-order valence-corrected chi connectivity index (χ2v) is 8.89. The Labute approximate surface area is 205 Å². The molecule has 1 saturated heterocycles. The first kappa shape index (κ1) is 24.8. The number of imide groups is 1. The van der Waals surface area contributed by atoms with Gasteiger partial charge in [-0.3, -0.25) is 19.3 Å². The summed E-state index contributed by atoms with van der Waals surface area (Å²) in [6.07, 6.45) is 3.17. The average molecular weight is 507 g/mol. The third-order valence-electron chi connectivity index (χ3n) is 4.54. The van der Waals surface area contributed by atoms with Crippen molar-refractivity contribution in [2.75, 3.05) is 18.5 Å². The Morgan fingerprint density at radius 1 is 1.12 bits per heavy atom. The van der Waals surface area contributed by atoms with Crippen molar-refractivity contribution in [2.45, 2.75) is 19.8 Å². The van der Waals surface area contributed by atoms with Gasteiger partial charge < -0.3 is 10.1 Å². The lowest BCUT2D eigenvalue weighted by Crippen LogP contribution is -2.36. The zero-order valence-corrected chi connectivity index (χ0v) is 19.9. The molecule has 10 heteroatoms. The van der Waals surface area contributed by atoms with Crippen LogP contribution in [0.4, 0.5) is 10.5 Å². The number of carbonyl (C=O) groups is 4. The summed E-state index contributed by atoms with van der Waals surface area (Å²) in [6, 6.07) is 11.1. The molecule has 3 rings (SSSR count). The predicted molar refractivity (Wildman–Crippen MR) is 129 cm³/mol. The van der Waals surface area contributed by atoms with Crippen molar-refractivity contribution in [3.05, 3.63) is 68.5 Å². The van der Waals surface area contributed by atoms with Crippen molar-refractivity contribution in [3.8, 4) is 0 Å². The number of hydrogen-bond acceptors (Lipinski definition) is 6. The van der Waals surface area contributed by atoms with Gasteiger partial charge in [0.2, 0.25) is 5.91 Å². The van der Waals surface area contributed by atoms with E-state index >= 15 is 0 Å². The molecule has 1 aliphatic heterocycles. The Morgan fingerprint density at radius 2 is 1.85 bits per heavy atom. The fourth-order valence-electron chi connectivity index (χ4n) is 2.84. The lowest BCUT2D eigenvalue weighted by atomic mass is 10.2. The zero-order chi connectivity index (χ0) is 24.0. The molecule has 0 aromatic heterocycles. The highest BCUT2D eigenvalue weighted by molar-refractivity contribution is 8.18. The Bertz CT molecular complexity index is 1120. The second kappa shape index (κ2) is 11.4. The molecule has 0 radical (unpaired) electrons. The van der Waals surface area contributed by atoms with E-state index in [0.717, 1.165) is 29.5 Å². The van der Waals surface area contributed by atoms with Crippen molar-refractivity contribution in [1.29, 1.82) is 0 Å². The first-order valence-electron chi connectivity index (χ1n) is 10.1. The number of unbranched alkanes of at least 4 members (excludes halogenated alkanes) is 1. The van der Waals surface area contributed by atoms with Crippen LogP contribution in [0.3, 0.4) is 0 Å². The molecule has 1 N–H and O–H groups in total. The minimum absolute atomic E-state index is 0.114. The first-order chi connectivity index (χ1) is 15.8. The fraction of sp³-hybridized carbons (Fsp3) is 0.217. The molecule has 0 bridgehead atoms. The molecule has 7 nitrogen and oxygen atoms in total. The number of amides is 3. The number of benzene rings is 2. The number of esters is 1. The average Bonchev–Trinajstić information content (AvgIpc) is 3.04. The van der Waals surface area contributed by atoms with Crippen LogP contribution in [0.15, 0.2) is 47.4 Å². The van der Waals surface area contributed by atoms with Crippen molar-refractivity contribution in [2.24, 2.45) is 0 Å². The van der Waals surface area contributed by atoms with E-state index in [1.165, 1.54) is 18.2 Å². The lowest BCUT2D eigenvalue weighted by molar-refractivity contribution is -0.127. The molecule has 0 aliphatic carbocycles. The van der Waals surface area contributed by atoms with E-state index in [-0.39, 0.29) is 27.8 Å². The first-order valence-corrected chi connectivity index (χ1v) is 11.6. The Morgan fingerprint density at radius 3 is 2.55 bits per heavy atom. The van der Waals surface area contributed by atoms with Gasteiger partial charge in [-0.2, -0.15) is 0 Å². The molecule has 0 atom stereocenters. The van der Waals surface area contributed by atoms with E-state index in [2.05, 4.69) is 5.32 Å². The van der Waals surface area contributed by atoms with Gasteiger partial charge in [0.1, 0.15) is 6.54 Å². The van der Waals surface area contributed by atoms with E-state index in [1.54, 1.807) is 30.3 Å². The van der Waals surface area contributed by atoms with Crippen molar-refractivity contribution < 1.29 is 23.9 Å². The Kier molecular flexibility index (Phi) is 8.55. The number of ether oxygens (including phenoxy) is 1. The standard InChI is InChI=1S/C23H20Cl2N2O5S/c1-2-3-10-32-22(30)17-12-16(8-9-18(17)25)26-20(28)13-27-21(29)19(33-23(27)31)11-14-4-6-15(24)7-5-14/h4-9,11-12H,2-3,10,13H2,1H3,(H,26,28)/b19-11+.